The number of hydrogen-bond acceptors (Lipinski definition) is 5. The Bertz CT molecular complexity index is 1110. The van der Waals surface area contributed by atoms with Crippen molar-refractivity contribution in [3.8, 4) is 5.75 Å². The minimum atomic E-state index is -3.81. The molecule has 0 radical (unpaired) electrons. The number of halogens is 2. The highest BCUT2D eigenvalue weighted by atomic mass is 32.2. The monoisotopic (exact) mass is 497 g/mol. The molecule has 8 nitrogen and oxygen atoms in total. The third kappa shape index (κ3) is 7.14. The van der Waals surface area contributed by atoms with Crippen LogP contribution in [0, 0.1) is 11.6 Å². The molecule has 186 valence electrons. The van der Waals surface area contributed by atoms with Crippen molar-refractivity contribution in [2.45, 2.75) is 32.4 Å². The van der Waals surface area contributed by atoms with Crippen LogP contribution >= 0.6 is 0 Å². The Labute approximate surface area is 198 Å². The summed E-state index contributed by atoms with van der Waals surface area (Å²) in [6.07, 6.45) is 0.984. The van der Waals surface area contributed by atoms with E-state index in [1.807, 2.05) is 0 Å². The zero-order valence-electron chi connectivity index (χ0n) is 19.5. The molecule has 0 spiro atoms. The minimum absolute atomic E-state index is 0.0392. The molecular formula is C23H29F2N3O5S. The SMILES string of the molecule is CNC(=O)[C@H](C)N(Cc1ccc(OC)cc1)C(=O)CCCN(c1ccc(F)c(F)c1)S(C)(=O)=O. The third-order valence-corrected chi connectivity index (χ3v) is 6.46. The van der Waals surface area contributed by atoms with Crippen molar-refractivity contribution in [3.63, 3.8) is 0 Å². The van der Waals surface area contributed by atoms with Crippen LogP contribution in [0.15, 0.2) is 42.5 Å². The highest BCUT2D eigenvalue weighted by molar-refractivity contribution is 7.92. The molecule has 11 heteroatoms. The smallest absolute Gasteiger partial charge is 0.242 e. The lowest BCUT2D eigenvalue weighted by molar-refractivity contribution is -0.140. The van der Waals surface area contributed by atoms with E-state index in [9.17, 15) is 26.8 Å². The van der Waals surface area contributed by atoms with Crippen molar-refractivity contribution in [2.75, 3.05) is 31.3 Å². The number of carbonyl (C=O) groups is 2. The van der Waals surface area contributed by atoms with Gasteiger partial charge in [-0.25, -0.2) is 17.2 Å². The first-order valence-corrected chi connectivity index (χ1v) is 12.4. The number of nitrogens with one attached hydrogen (secondary N) is 1. The van der Waals surface area contributed by atoms with Crippen LogP contribution in [0.25, 0.3) is 0 Å². The number of sulfonamides is 1. The van der Waals surface area contributed by atoms with E-state index in [1.54, 1.807) is 38.3 Å². The Morgan fingerprint density at radius 2 is 1.74 bits per heavy atom. The Balaban J connectivity index is 2.15. The number of ether oxygens (including phenoxy) is 1. The van der Waals surface area contributed by atoms with Gasteiger partial charge in [0, 0.05) is 32.6 Å². The lowest BCUT2D eigenvalue weighted by Gasteiger charge is -2.29. The summed E-state index contributed by atoms with van der Waals surface area (Å²) in [5.74, 6) is -2.32. The van der Waals surface area contributed by atoms with Gasteiger partial charge in [-0.15, -0.1) is 0 Å². The molecule has 0 saturated carbocycles. The molecule has 1 N–H and O–H groups in total. The number of methoxy groups -OCH3 is 1. The average molecular weight is 498 g/mol. The number of carbonyl (C=O) groups excluding carboxylic acids is 2. The molecule has 0 aliphatic rings. The molecule has 0 fully saturated rings. The highest BCUT2D eigenvalue weighted by Gasteiger charge is 2.26. The molecule has 0 unspecified atom stereocenters. The van der Waals surface area contributed by atoms with Crippen LogP contribution in [-0.4, -0.2) is 58.1 Å². The second-order valence-corrected chi connectivity index (χ2v) is 9.60. The average Bonchev–Trinajstić information content (AvgIpc) is 2.80. The molecule has 34 heavy (non-hydrogen) atoms. The van der Waals surface area contributed by atoms with Crippen LogP contribution in [0.5, 0.6) is 5.75 Å². The molecule has 0 saturated heterocycles. The van der Waals surface area contributed by atoms with Gasteiger partial charge in [-0.3, -0.25) is 13.9 Å². The van der Waals surface area contributed by atoms with Gasteiger partial charge in [0.05, 0.1) is 19.1 Å². The summed E-state index contributed by atoms with van der Waals surface area (Å²) in [6.45, 7) is 1.64. The Hall–Kier alpha value is -3.21. The number of rotatable bonds is 11. The maximum atomic E-state index is 13.6. The largest absolute Gasteiger partial charge is 0.497 e. The molecule has 2 rings (SSSR count). The molecule has 0 aliphatic heterocycles. The normalized spacial score (nSPS) is 12.1. The molecule has 0 bridgehead atoms. The zero-order chi connectivity index (χ0) is 25.5. The van der Waals surface area contributed by atoms with E-state index in [1.165, 1.54) is 11.9 Å². The first-order chi connectivity index (χ1) is 16.0. The summed E-state index contributed by atoms with van der Waals surface area (Å²) in [4.78, 5) is 26.7. The lowest BCUT2D eigenvalue weighted by atomic mass is 10.1. The standard InChI is InChI=1S/C23H29F2N3O5S/c1-16(23(30)26-2)27(15-17-7-10-19(33-3)11-8-17)22(29)6-5-13-28(34(4,31)32)18-9-12-20(24)21(25)14-18/h7-12,14,16H,5-6,13,15H2,1-4H3,(H,26,30)/t16-/m0/s1. The van der Waals surface area contributed by atoms with Gasteiger partial charge in [-0.05, 0) is 43.2 Å². The van der Waals surface area contributed by atoms with Crippen molar-refractivity contribution >= 4 is 27.5 Å². The Morgan fingerprint density at radius 3 is 2.26 bits per heavy atom. The fourth-order valence-electron chi connectivity index (χ4n) is 3.36. The maximum Gasteiger partial charge on any atom is 0.242 e. The highest BCUT2D eigenvalue weighted by Crippen LogP contribution is 2.22. The minimum Gasteiger partial charge on any atom is -0.497 e. The first-order valence-electron chi connectivity index (χ1n) is 10.5. The van der Waals surface area contributed by atoms with E-state index < -0.39 is 27.7 Å². The van der Waals surface area contributed by atoms with Gasteiger partial charge in [0.15, 0.2) is 11.6 Å². The molecule has 0 heterocycles. The van der Waals surface area contributed by atoms with E-state index in [4.69, 9.17) is 4.74 Å². The molecule has 0 aliphatic carbocycles. The van der Waals surface area contributed by atoms with E-state index in [-0.39, 0.29) is 43.4 Å². The van der Waals surface area contributed by atoms with Gasteiger partial charge in [0.2, 0.25) is 21.8 Å². The first kappa shape index (κ1) is 27.0. The van der Waals surface area contributed by atoms with Gasteiger partial charge in [0.1, 0.15) is 11.8 Å². The Morgan fingerprint density at radius 1 is 1.09 bits per heavy atom. The van der Waals surface area contributed by atoms with Gasteiger partial charge in [-0.1, -0.05) is 12.1 Å². The van der Waals surface area contributed by atoms with Crippen LogP contribution in [-0.2, 0) is 26.2 Å². The fraction of sp³-hybridized carbons (Fsp3) is 0.391. The van der Waals surface area contributed by atoms with E-state index in [0.29, 0.717) is 5.75 Å². The summed E-state index contributed by atoms with van der Waals surface area (Å²) in [5.41, 5.74) is 0.743. The van der Waals surface area contributed by atoms with Crippen molar-refractivity contribution in [1.29, 1.82) is 0 Å². The van der Waals surface area contributed by atoms with E-state index in [2.05, 4.69) is 5.32 Å². The van der Waals surface area contributed by atoms with Crippen molar-refractivity contribution < 1.29 is 31.5 Å². The summed E-state index contributed by atoms with van der Waals surface area (Å²) < 4.78 is 57.4. The topological polar surface area (TPSA) is 96.0 Å². The molecule has 1 atom stereocenters. The quantitative estimate of drug-likeness (QED) is 0.515. The lowest BCUT2D eigenvalue weighted by Crippen LogP contribution is -2.46. The van der Waals surface area contributed by atoms with Gasteiger partial charge < -0.3 is 15.0 Å². The zero-order valence-corrected chi connectivity index (χ0v) is 20.4. The van der Waals surface area contributed by atoms with Crippen LogP contribution < -0.4 is 14.4 Å². The number of anilines is 1. The molecule has 0 aromatic heterocycles. The summed E-state index contributed by atoms with van der Waals surface area (Å²) in [7, 11) is -0.798. The predicted octanol–water partition coefficient (Wildman–Crippen LogP) is 2.68. The van der Waals surface area contributed by atoms with E-state index >= 15 is 0 Å². The van der Waals surface area contributed by atoms with Crippen molar-refractivity contribution in [1.82, 2.24) is 10.2 Å². The predicted molar refractivity (Wildman–Crippen MR) is 125 cm³/mol. The summed E-state index contributed by atoms with van der Waals surface area (Å²) in [6, 6.07) is 9.08. The van der Waals surface area contributed by atoms with Crippen LogP contribution in [0.2, 0.25) is 0 Å². The number of likely N-dealkylation sites (N-methyl/N-ethyl adjacent to an activating group) is 1. The number of hydrogen-bond donors (Lipinski definition) is 1. The summed E-state index contributed by atoms with van der Waals surface area (Å²) in [5, 5.41) is 2.52. The third-order valence-electron chi connectivity index (χ3n) is 5.27. The molecule has 2 amide bonds. The Kier molecular flexibility index (Phi) is 9.36. The number of nitrogens with zero attached hydrogens (tertiary/aromatic N) is 2. The molecule has 2 aromatic rings. The van der Waals surface area contributed by atoms with Crippen LogP contribution in [0.1, 0.15) is 25.3 Å². The van der Waals surface area contributed by atoms with Gasteiger partial charge in [-0.2, -0.15) is 0 Å². The number of amides is 2. The van der Waals surface area contributed by atoms with Crippen LogP contribution in [0.4, 0.5) is 14.5 Å². The fourth-order valence-corrected chi connectivity index (χ4v) is 4.32. The van der Waals surface area contributed by atoms with Gasteiger partial charge in [0.25, 0.3) is 0 Å². The molecule has 2 aromatic carbocycles. The van der Waals surface area contributed by atoms with Crippen LogP contribution in [0.3, 0.4) is 0 Å². The van der Waals surface area contributed by atoms with Crippen molar-refractivity contribution in [2.24, 2.45) is 0 Å². The molecular weight excluding hydrogens is 468 g/mol. The second kappa shape index (κ2) is 11.8. The van der Waals surface area contributed by atoms with Gasteiger partial charge >= 0.3 is 0 Å². The van der Waals surface area contributed by atoms with Crippen molar-refractivity contribution in [3.05, 3.63) is 59.7 Å². The number of benzene rings is 2. The maximum absolute atomic E-state index is 13.6. The second-order valence-electron chi connectivity index (χ2n) is 7.70. The van der Waals surface area contributed by atoms with E-state index in [0.717, 1.165) is 34.3 Å². The summed E-state index contributed by atoms with van der Waals surface area (Å²) >= 11 is 0.